The average Bonchev–Trinajstić information content (AvgIpc) is 2.97. The molecule has 0 aliphatic heterocycles. The van der Waals surface area contributed by atoms with E-state index in [1.54, 1.807) is 36.4 Å². The number of nitrogens with one attached hydrogen (secondary N) is 1. The number of halogens is 3. The van der Waals surface area contributed by atoms with Gasteiger partial charge in [-0.15, -0.1) is 11.8 Å². The van der Waals surface area contributed by atoms with E-state index < -0.39 is 17.8 Å². The monoisotopic (exact) mass is 351 g/mol. The van der Waals surface area contributed by atoms with E-state index in [0.717, 1.165) is 5.39 Å². The fourth-order valence-corrected chi connectivity index (χ4v) is 2.90. The van der Waals surface area contributed by atoms with Gasteiger partial charge in [-0.3, -0.25) is 4.79 Å². The minimum atomic E-state index is -4.28. The Bertz CT molecular complexity index is 840. The van der Waals surface area contributed by atoms with Gasteiger partial charge in [-0.2, -0.15) is 13.2 Å². The number of hydrogen-bond acceptors (Lipinski definition) is 3. The molecule has 124 valence electrons. The summed E-state index contributed by atoms with van der Waals surface area (Å²) in [5.74, 6) is -1.43. The van der Waals surface area contributed by atoms with Gasteiger partial charge in [-0.05, 0) is 24.3 Å². The van der Waals surface area contributed by atoms with Crippen molar-refractivity contribution in [2.75, 3.05) is 11.1 Å². The summed E-state index contributed by atoms with van der Waals surface area (Å²) in [6, 6.07) is 15.1. The Balaban J connectivity index is 1.79. The number of benzene rings is 2. The Kier molecular flexibility index (Phi) is 4.53. The van der Waals surface area contributed by atoms with Crippen molar-refractivity contribution >= 4 is 34.3 Å². The smallest absolute Gasteiger partial charge is 0.398 e. The van der Waals surface area contributed by atoms with Gasteiger partial charge >= 0.3 is 6.18 Å². The molecule has 0 spiro atoms. The van der Waals surface area contributed by atoms with Crippen molar-refractivity contribution < 1.29 is 22.4 Å². The summed E-state index contributed by atoms with van der Waals surface area (Å²) in [7, 11) is 0. The van der Waals surface area contributed by atoms with Crippen molar-refractivity contribution in [1.82, 2.24) is 0 Å². The summed E-state index contributed by atoms with van der Waals surface area (Å²) in [6.07, 6.45) is -4.28. The summed E-state index contributed by atoms with van der Waals surface area (Å²) in [5, 5.41) is 3.38. The number of thioether (sulfide) groups is 1. The molecule has 0 bridgehead atoms. The van der Waals surface area contributed by atoms with Crippen molar-refractivity contribution in [1.29, 1.82) is 0 Å². The third-order valence-electron chi connectivity index (χ3n) is 3.18. The maximum absolute atomic E-state index is 12.4. The first-order valence-electron chi connectivity index (χ1n) is 7.01. The minimum Gasteiger partial charge on any atom is -0.451 e. The average molecular weight is 351 g/mol. The minimum absolute atomic E-state index is 0.104. The zero-order valence-electron chi connectivity index (χ0n) is 12.3. The molecule has 7 heteroatoms. The van der Waals surface area contributed by atoms with Gasteiger partial charge in [-0.25, -0.2) is 0 Å². The molecular formula is C17H12F3NO2S. The molecule has 3 aromatic rings. The molecule has 0 atom stereocenters. The van der Waals surface area contributed by atoms with Crippen molar-refractivity contribution in [2.24, 2.45) is 0 Å². The molecule has 0 saturated heterocycles. The molecule has 0 aliphatic carbocycles. The zero-order valence-corrected chi connectivity index (χ0v) is 13.1. The molecule has 1 N–H and O–H groups in total. The van der Waals surface area contributed by atoms with Gasteiger partial charge in [0, 0.05) is 10.3 Å². The normalized spacial score (nSPS) is 11.6. The van der Waals surface area contributed by atoms with Gasteiger partial charge in [0.05, 0.1) is 11.4 Å². The van der Waals surface area contributed by atoms with Crippen LogP contribution in [0.5, 0.6) is 0 Å². The molecule has 0 radical (unpaired) electrons. The predicted octanol–water partition coefficient (Wildman–Crippen LogP) is 5.34. The number of rotatable bonds is 4. The molecule has 2 aromatic carbocycles. The third-order valence-corrected chi connectivity index (χ3v) is 4.31. The second kappa shape index (κ2) is 6.60. The predicted molar refractivity (Wildman–Crippen MR) is 87.4 cm³/mol. The Morgan fingerprint density at radius 1 is 1.08 bits per heavy atom. The fraction of sp³-hybridized carbons (Fsp3) is 0.118. The fourth-order valence-electron chi connectivity index (χ4n) is 2.13. The Hall–Kier alpha value is -2.41. The summed E-state index contributed by atoms with van der Waals surface area (Å²) >= 11 is 0.626. The lowest BCUT2D eigenvalue weighted by atomic mass is 10.2. The largest absolute Gasteiger partial charge is 0.451 e. The van der Waals surface area contributed by atoms with Crippen LogP contribution in [-0.4, -0.2) is 17.8 Å². The molecule has 3 rings (SSSR count). The number of para-hydroxylation sites is 2. The van der Waals surface area contributed by atoms with Gasteiger partial charge in [-0.1, -0.05) is 30.3 Å². The number of amides is 1. The highest BCUT2D eigenvalue weighted by molar-refractivity contribution is 7.99. The molecular weight excluding hydrogens is 339 g/mol. The van der Waals surface area contributed by atoms with Gasteiger partial charge in [0.2, 0.25) is 0 Å². The van der Waals surface area contributed by atoms with E-state index >= 15 is 0 Å². The van der Waals surface area contributed by atoms with Crippen molar-refractivity contribution in [3.05, 3.63) is 60.4 Å². The maximum atomic E-state index is 12.4. The van der Waals surface area contributed by atoms with E-state index in [9.17, 15) is 18.0 Å². The van der Waals surface area contributed by atoms with E-state index in [1.165, 1.54) is 6.07 Å². The van der Waals surface area contributed by atoms with Crippen LogP contribution in [-0.2, 0) is 0 Å². The van der Waals surface area contributed by atoms with Gasteiger partial charge in [0.1, 0.15) is 5.58 Å². The van der Waals surface area contributed by atoms with Gasteiger partial charge < -0.3 is 9.73 Å². The van der Waals surface area contributed by atoms with Crippen LogP contribution >= 0.6 is 11.8 Å². The highest BCUT2D eigenvalue weighted by Crippen LogP contribution is 2.32. The second-order valence-electron chi connectivity index (χ2n) is 5.00. The quantitative estimate of drug-likeness (QED) is 0.645. The van der Waals surface area contributed by atoms with Crippen molar-refractivity contribution in [2.45, 2.75) is 11.1 Å². The van der Waals surface area contributed by atoms with Crippen molar-refractivity contribution in [3.8, 4) is 0 Å². The van der Waals surface area contributed by atoms with E-state index in [0.29, 0.717) is 27.9 Å². The third kappa shape index (κ3) is 3.91. The number of anilines is 1. The van der Waals surface area contributed by atoms with Crippen LogP contribution in [0.3, 0.4) is 0 Å². The van der Waals surface area contributed by atoms with Crippen LogP contribution in [0.1, 0.15) is 10.6 Å². The number of hydrogen-bond donors (Lipinski definition) is 1. The Morgan fingerprint density at radius 3 is 2.54 bits per heavy atom. The molecule has 1 amide bonds. The van der Waals surface area contributed by atoms with E-state index in [1.807, 2.05) is 12.1 Å². The van der Waals surface area contributed by atoms with Crippen LogP contribution in [0.25, 0.3) is 11.0 Å². The van der Waals surface area contributed by atoms with Crippen LogP contribution in [0.15, 0.2) is 63.9 Å². The second-order valence-corrected chi connectivity index (χ2v) is 6.02. The first-order valence-corrected chi connectivity index (χ1v) is 7.99. The standard InChI is InChI=1S/C17H12F3NO2S/c18-17(19,20)10-24-15-8-4-2-6-12(15)21-16(22)14-9-11-5-1-3-7-13(11)23-14/h1-9H,10H2,(H,21,22). The summed E-state index contributed by atoms with van der Waals surface area (Å²) < 4.78 is 42.6. The van der Waals surface area contributed by atoms with Crippen LogP contribution in [0.2, 0.25) is 0 Å². The highest BCUT2D eigenvalue weighted by atomic mass is 32.2. The molecule has 3 nitrogen and oxygen atoms in total. The number of carbonyl (C=O) groups is 1. The summed E-state index contributed by atoms with van der Waals surface area (Å²) in [5.41, 5.74) is 0.889. The van der Waals surface area contributed by atoms with E-state index in [4.69, 9.17) is 4.42 Å². The molecule has 24 heavy (non-hydrogen) atoms. The first kappa shape index (κ1) is 16.4. The number of carbonyl (C=O) groups excluding carboxylic acids is 1. The first-order chi connectivity index (χ1) is 11.4. The van der Waals surface area contributed by atoms with Gasteiger partial charge in [0.15, 0.2) is 5.76 Å². The summed E-state index contributed by atoms with van der Waals surface area (Å²) in [4.78, 5) is 12.6. The maximum Gasteiger partial charge on any atom is 0.398 e. The molecule has 1 aromatic heterocycles. The number of alkyl halides is 3. The van der Waals surface area contributed by atoms with E-state index in [-0.39, 0.29) is 5.76 Å². The van der Waals surface area contributed by atoms with Gasteiger partial charge in [0.25, 0.3) is 5.91 Å². The van der Waals surface area contributed by atoms with E-state index in [2.05, 4.69) is 5.32 Å². The summed E-state index contributed by atoms with van der Waals surface area (Å²) in [6.45, 7) is 0. The number of fused-ring (bicyclic) bond motifs is 1. The molecule has 0 fully saturated rings. The molecule has 0 saturated carbocycles. The van der Waals surface area contributed by atoms with Crippen LogP contribution in [0, 0.1) is 0 Å². The zero-order chi connectivity index (χ0) is 17.2. The molecule has 0 unspecified atom stereocenters. The van der Waals surface area contributed by atoms with Crippen LogP contribution < -0.4 is 5.32 Å². The lowest BCUT2D eigenvalue weighted by Gasteiger charge is -2.11. The number of furan rings is 1. The highest BCUT2D eigenvalue weighted by Gasteiger charge is 2.27. The Morgan fingerprint density at radius 2 is 1.79 bits per heavy atom. The topological polar surface area (TPSA) is 42.2 Å². The molecule has 1 heterocycles. The van der Waals surface area contributed by atoms with Crippen LogP contribution in [0.4, 0.5) is 18.9 Å². The lowest BCUT2D eigenvalue weighted by molar-refractivity contribution is -0.105. The molecule has 0 aliphatic rings. The Labute approximate surface area is 139 Å². The SMILES string of the molecule is O=C(Nc1ccccc1SCC(F)(F)F)c1cc2ccccc2o1. The lowest BCUT2D eigenvalue weighted by Crippen LogP contribution is -2.13. The van der Waals surface area contributed by atoms with Crippen molar-refractivity contribution in [3.63, 3.8) is 0 Å².